The highest BCUT2D eigenvalue weighted by atomic mass is 35.5. The summed E-state index contributed by atoms with van der Waals surface area (Å²) < 4.78 is -1.24. The maximum atomic E-state index is 10.2. The van der Waals surface area contributed by atoms with Crippen LogP contribution in [0.2, 0.25) is 0 Å². The Kier molecular flexibility index (Phi) is 4.52. The standard InChI is InChI=1S/C6H9Cl3O2/c1-4(7)2-6(8,9)3-5(10)11/h4H,2-3H2,1H3,(H,10,11). The van der Waals surface area contributed by atoms with Gasteiger partial charge in [0, 0.05) is 5.38 Å². The van der Waals surface area contributed by atoms with E-state index in [0.29, 0.717) is 0 Å². The molecule has 0 saturated carbocycles. The van der Waals surface area contributed by atoms with Crippen LogP contribution in [0.3, 0.4) is 0 Å². The summed E-state index contributed by atoms with van der Waals surface area (Å²) >= 11 is 16.8. The van der Waals surface area contributed by atoms with Gasteiger partial charge in [-0.25, -0.2) is 0 Å². The highest BCUT2D eigenvalue weighted by molar-refractivity contribution is 6.49. The minimum Gasteiger partial charge on any atom is -0.481 e. The molecule has 0 aliphatic carbocycles. The molecule has 1 N–H and O–H groups in total. The fourth-order valence-corrected chi connectivity index (χ4v) is 1.82. The molecule has 11 heavy (non-hydrogen) atoms. The SMILES string of the molecule is CC(Cl)CC(Cl)(Cl)CC(=O)O. The monoisotopic (exact) mass is 218 g/mol. The lowest BCUT2D eigenvalue weighted by Crippen LogP contribution is -2.21. The van der Waals surface area contributed by atoms with Gasteiger partial charge in [-0.1, -0.05) is 0 Å². The maximum Gasteiger partial charge on any atom is 0.306 e. The van der Waals surface area contributed by atoms with Crippen molar-refractivity contribution in [1.82, 2.24) is 0 Å². The highest BCUT2D eigenvalue weighted by Gasteiger charge is 2.28. The Morgan fingerprint density at radius 2 is 2.09 bits per heavy atom. The zero-order chi connectivity index (χ0) is 9.07. The van der Waals surface area contributed by atoms with Gasteiger partial charge in [0.2, 0.25) is 0 Å². The molecule has 0 spiro atoms. The number of alkyl halides is 3. The molecular weight excluding hydrogens is 210 g/mol. The smallest absolute Gasteiger partial charge is 0.306 e. The zero-order valence-electron chi connectivity index (χ0n) is 5.98. The van der Waals surface area contributed by atoms with Gasteiger partial charge in [0.1, 0.15) is 4.33 Å². The summed E-state index contributed by atoms with van der Waals surface area (Å²) in [5.74, 6) is -1.02. The number of carboxylic acids is 1. The van der Waals surface area contributed by atoms with E-state index in [0.717, 1.165) is 0 Å². The van der Waals surface area contributed by atoms with Gasteiger partial charge in [0.25, 0.3) is 0 Å². The Bertz CT molecular complexity index is 145. The Balaban J connectivity index is 3.89. The van der Waals surface area contributed by atoms with Crippen LogP contribution in [0.4, 0.5) is 0 Å². The molecule has 0 saturated heterocycles. The average Bonchev–Trinajstić information content (AvgIpc) is 1.53. The molecule has 0 aliphatic heterocycles. The molecule has 0 heterocycles. The van der Waals surface area contributed by atoms with Gasteiger partial charge in [-0.3, -0.25) is 4.79 Å². The molecule has 0 fully saturated rings. The summed E-state index contributed by atoms with van der Waals surface area (Å²) in [6.45, 7) is 1.71. The lowest BCUT2D eigenvalue weighted by Gasteiger charge is -2.17. The first-order valence-corrected chi connectivity index (χ1v) is 4.26. The molecule has 1 atom stereocenters. The quantitative estimate of drug-likeness (QED) is 0.738. The summed E-state index contributed by atoms with van der Waals surface area (Å²) in [5.41, 5.74) is 0. The molecule has 0 aromatic rings. The van der Waals surface area contributed by atoms with E-state index < -0.39 is 10.3 Å². The molecule has 2 nitrogen and oxygen atoms in total. The number of aliphatic carboxylic acids is 1. The second-order valence-corrected chi connectivity index (χ2v) is 4.80. The summed E-state index contributed by atoms with van der Waals surface area (Å²) in [4.78, 5) is 10.2. The van der Waals surface area contributed by atoms with Crippen LogP contribution >= 0.6 is 34.8 Å². The zero-order valence-corrected chi connectivity index (χ0v) is 8.25. The molecule has 0 bridgehead atoms. The van der Waals surface area contributed by atoms with Crippen molar-refractivity contribution in [2.24, 2.45) is 0 Å². The number of hydrogen-bond donors (Lipinski definition) is 1. The van der Waals surface area contributed by atoms with Gasteiger partial charge < -0.3 is 5.11 Å². The molecule has 0 aliphatic rings. The molecule has 0 rings (SSSR count). The van der Waals surface area contributed by atoms with Crippen LogP contribution in [0.5, 0.6) is 0 Å². The van der Waals surface area contributed by atoms with Crippen LogP contribution in [-0.4, -0.2) is 20.8 Å². The molecule has 0 aromatic carbocycles. The van der Waals surface area contributed by atoms with Crippen molar-refractivity contribution < 1.29 is 9.90 Å². The first-order valence-electron chi connectivity index (χ1n) is 3.07. The number of hydrogen-bond acceptors (Lipinski definition) is 1. The average molecular weight is 219 g/mol. The molecule has 0 radical (unpaired) electrons. The van der Waals surface area contributed by atoms with Crippen molar-refractivity contribution in [2.75, 3.05) is 0 Å². The van der Waals surface area contributed by atoms with E-state index in [4.69, 9.17) is 39.9 Å². The van der Waals surface area contributed by atoms with E-state index in [2.05, 4.69) is 0 Å². The Morgan fingerprint density at radius 3 is 2.36 bits per heavy atom. The first-order chi connectivity index (χ1) is 4.83. The Labute approximate surface area is 80.4 Å². The largest absolute Gasteiger partial charge is 0.481 e. The van der Waals surface area contributed by atoms with Crippen molar-refractivity contribution in [3.8, 4) is 0 Å². The normalized spacial score (nSPS) is 14.5. The minimum atomic E-state index is -1.24. The van der Waals surface area contributed by atoms with E-state index in [1.807, 2.05) is 0 Å². The number of carboxylic acid groups (broad SMARTS) is 1. The van der Waals surface area contributed by atoms with Gasteiger partial charge >= 0.3 is 5.97 Å². The van der Waals surface area contributed by atoms with Gasteiger partial charge in [0.05, 0.1) is 6.42 Å². The molecule has 0 aromatic heterocycles. The molecule has 66 valence electrons. The Hall–Kier alpha value is 0.340. The van der Waals surface area contributed by atoms with E-state index in [9.17, 15) is 4.79 Å². The first kappa shape index (κ1) is 11.3. The third-order valence-corrected chi connectivity index (χ3v) is 1.72. The van der Waals surface area contributed by atoms with Gasteiger partial charge in [-0.2, -0.15) is 0 Å². The number of rotatable bonds is 4. The predicted molar refractivity (Wildman–Crippen MR) is 46.6 cm³/mol. The fourth-order valence-electron chi connectivity index (χ4n) is 0.705. The molecular formula is C6H9Cl3O2. The van der Waals surface area contributed by atoms with Crippen LogP contribution in [0.1, 0.15) is 19.8 Å². The van der Waals surface area contributed by atoms with E-state index >= 15 is 0 Å². The van der Waals surface area contributed by atoms with Gasteiger partial charge in [0.15, 0.2) is 0 Å². The van der Waals surface area contributed by atoms with E-state index in [1.165, 1.54) is 0 Å². The van der Waals surface area contributed by atoms with Crippen molar-refractivity contribution in [1.29, 1.82) is 0 Å². The van der Waals surface area contributed by atoms with Crippen molar-refractivity contribution in [3.05, 3.63) is 0 Å². The fraction of sp³-hybridized carbons (Fsp3) is 0.833. The second-order valence-electron chi connectivity index (χ2n) is 2.41. The topological polar surface area (TPSA) is 37.3 Å². The lowest BCUT2D eigenvalue weighted by molar-refractivity contribution is -0.137. The van der Waals surface area contributed by atoms with Crippen LogP contribution in [0.15, 0.2) is 0 Å². The minimum absolute atomic E-state index is 0.218. The number of carbonyl (C=O) groups is 1. The second kappa shape index (κ2) is 4.39. The third-order valence-electron chi connectivity index (χ3n) is 0.990. The lowest BCUT2D eigenvalue weighted by atomic mass is 10.2. The van der Waals surface area contributed by atoms with Crippen molar-refractivity contribution in [2.45, 2.75) is 29.5 Å². The Morgan fingerprint density at radius 1 is 1.64 bits per heavy atom. The summed E-state index contributed by atoms with van der Waals surface area (Å²) in [6, 6.07) is 0. The van der Waals surface area contributed by atoms with Crippen LogP contribution in [-0.2, 0) is 4.79 Å². The highest BCUT2D eigenvalue weighted by Crippen LogP contribution is 2.31. The van der Waals surface area contributed by atoms with Crippen LogP contribution < -0.4 is 0 Å². The van der Waals surface area contributed by atoms with Crippen LogP contribution in [0.25, 0.3) is 0 Å². The van der Waals surface area contributed by atoms with Crippen molar-refractivity contribution >= 4 is 40.8 Å². The molecule has 1 unspecified atom stereocenters. The maximum absolute atomic E-state index is 10.2. The summed E-state index contributed by atoms with van der Waals surface area (Å²) in [6.07, 6.45) is -0.0167. The molecule has 0 amide bonds. The van der Waals surface area contributed by atoms with Crippen LogP contribution in [0, 0.1) is 0 Å². The summed E-state index contributed by atoms with van der Waals surface area (Å²) in [7, 11) is 0. The summed E-state index contributed by atoms with van der Waals surface area (Å²) in [5, 5.41) is 8.13. The predicted octanol–water partition coefficient (Wildman–Crippen LogP) is 2.65. The third kappa shape index (κ3) is 6.73. The van der Waals surface area contributed by atoms with Gasteiger partial charge in [-0.05, 0) is 13.3 Å². The van der Waals surface area contributed by atoms with E-state index in [-0.39, 0.29) is 18.2 Å². The molecule has 5 heteroatoms. The van der Waals surface area contributed by atoms with Gasteiger partial charge in [-0.15, -0.1) is 34.8 Å². The number of halogens is 3. The van der Waals surface area contributed by atoms with E-state index in [1.54, 1.807) is 6.92 Å². The van der Waals surface area contributed by atoms with Crippen molar-refractivity contribution in [3.63, 3.8) is 0 Å².